The smallest absolute Gasteiger partial charge is 0.225 e. The normalized spacial score (nSPS) is 20.3. The van der Waals surface area contributed by atoms with Gasteiger partial charge in [0.2, 0.25) is 5.95 Å². The van der Waals surface area contributed by atoms with Crippen molar-refractivity contribution in [1.82, 2.24) is 25.3 Å². The van der Waals surface area contributed by atoms with Crippen LogP contribution in [0.4, 0.5) is 16.9 Å². The lowest BCUT2D eigenvalue weighted by Gasteiger charge is -2.28. The Bertz CT molecular complexity index is 1010. The van der Waals surface area contributed by atoms with Gasteiger partial charge in [0, 0.05) is 30.9 Å². The minimum absolute atomic E-state index is 0.159. The zero-order valence-electron chi connectivity index (χ0n) is 19.2. The molecule has 0 spiro atoms. The van der Waals surface area contributed by atoms with Crippen molar-refractivity contribution in [2.45, 2.75) is 78.1 Å². The van der Waals surface area contributed by atoms with Gasteiger partial charge in [-0.15, -0.1) is 0 Å². The number of nitrogens with one attached hydrogen (secondary N) is 3. The molecule has 0 radical (unpaired) electrons. The zero-order valence-corrected chi connectivity index (χ0v) is 20.0. The van der Waals surface area contributed by atoms with Gasteiger partial charge in [-0.3, -0.25) is 0 Å². The molecule has 1 atom stereocenters. The molecule has 1 fully saturated rings. The Morgan fingerprint density at radius 3 is 2.66 bits per heavy atom. The summed E-state index contributed by atoms with van der Waals surface area (Å²) in [7, 11) is 0. The summed E-state index contributed by atoms with van der Waals surface area (Å²) in [6.45, 7) is 9.52. The van der Waals surface area contributed by atoms with Crippen LogP contribution in [0, 0.1) is 5.41 Å². The van der Waals surface area contributed by atoms with Gasteiger partial charge in [-0.2, -0.15) is 4.98 Å². The maximum Gasteiger partial charge on any atom is 0.225 e. The Morgan fingerprint density at radius 2 is 1.94 bits per heavy atom. The monoisotopic (exact) mass is 455 g/mol. The van der Waals surface area contributed by atoms with E-state index in [4.69, 9.17) is 9.97 Å². The summed E-state index contributed by atoms with van der Waals surface area (Å²) in [5.74, 6) is 1.31. The van der Waals surface area contributed by atoms with Crippen molar-refractivity contribution in [2.24, 2.45) is 5.41 Å². The summed E-state index contributed by atoms with van der Waals surface area (Å²) in [5, 5.41) is 21.0. The molecule has 3 heterocycles. The number of anilines is 3. The summed E-state index contributed by atoms with van der Waals surface area (Å²) in [5.41, 5.74) is 1.94. The lowest BCUT2D eigenvalue weighted by atomic mass is 9.88. The molecule has 32 heavy (non-hydrogen) atoms. The van der Waals surface area contributed by atoms with Crippen LogP contribution in [0.3, 0.4) is 0 Å². The van der Waals surface area contributed by atoms with Crippen molar-refractivity contribution < 1.29 is 5.11 Å². The third-order valence-electron chi connectivity index (χ3n) is 6.10. The highest BCUT2D eigenvalue weighted by atomic mass is 32.1. The predicted octanol–water partition coefficient (Wildman–Crippen LogP) is 4.46. The molecule has 4 N–H and O–H groups in total. The standard InChI is InChI=1S/C23H33N7OS/c1-14(23(2,3)4)25-13-16-12-19(30-22-28-18-6-5-11-24-20(18)32-22)29-21(27-16)26-15-7-9-17(31)10-8-15/h5-6,11-12,14-15,17,25,31H,7-10,13H2,1-4H3,(H2,26,27,28,29,30). The molecule has 1 saturated carbocycles. The molecular formula is C23H33N7OS. The molecule has 3 aromatic heterocycles. The minimum Gasteiger partial charge on any atom is -0.393 e. The molecule has 0 bridgehead atoms. The van der Waals surface area contributed by atoms with E-state index < -0.39 is 0 Å². The van der Waals surface area contributed by atoms with Crippen LogP contribution in [0.1, 0.15) is 59.1 Å². The Morgan fingerprint density at radius 1 is 1.16 bits per heavy atom. The molecule has 1 aliphatic rings. The molecule has 9 heteroatoms. The average Bonchev–Trinajstić information content (AvgIpc) is 3.15. The first-order chi connectivity index (χ1) is 15.3. The van der Waals surface area contributed by atoms with E-state index in [1.807, 2.05) is 18.2 Å². The fraction of sp³-hybridized carbons (Fsp3) is 0.565. The fourth-order valence-corrected chi connectivity index (χ4v) is 4.43. The van der Waals surface area contributed by atoms with Crippen LogP contribution in [-0.4, -0.2) is 43.2 Å². The van der Waals surface area contributed by atoms with E-state index in [0.29, 0.717) is 24.4 Å². The van der Waals surface area contributed by atoms with Crippen LogP contribution in [0.25, 0.3) is 10.3 Å². The van der Waals surface area contributed by atoms with E-state index in [9.17, 15) is 5.11 Å². The van der Waals surface area contributed by atoms with E-state index >= 15 is 0 Å². The van der Waals surface area contributed by atoms with Gasteiger partial charge in [0.15, 0.2) is 5.13 Å². The minimum atomic E-state index is -0.187. The zero-order chi connectivity index (χ0) is 22.7. The van der Waals surface area contributed by atoms with Gasteiger partial charge < -0.3 is 21.1 Å². The van der Waals surface area contributed by atoms with Gasteiger partial charge in [0.1, 0.15) is 16.2 Å². The van der Waals surface area contributed by atoms with Crippen molar-refractivity contribution >= 4 is 38.6 Å². The summed E-state index contributed by atoms with van der Waals surface area (Å²) in [6.07, 6.45) is 5.05. The second-order valence-electron chi connectivity index (χ2n) is 9.66. The molecule has 1 unspecified atom stereocenters. The van der Waals surface area contributed by atoms with Gasteiger partial charge >= 0.3 is 0 Å². The number of rotatable bonds is 7. The first-order valence-electron chi connectivity index (χ1n) is 11.3. The molecule has 8 nitrogen and oxygen atoms in total. The topological polar surface area (TPSA) is 108 Å². The number of nitrogens with zero attached hydrogens (tertiary/aromatic N) is 4. The number of hydrogen-bond donors (Lipinski definition) is 4. The number of pyridine rings is 1. The quantitative estimate of drug-likeness (QED) is 0.413. The van der Waals surface area contributed by atoms with Crippen molar-refractivity contribution in [3.05, 3.63) is 30.1 Å². The van der Waals surface area contributed by atoms with E-state index in [1.54, 1.807) is 6.20 Å². The molecule has 1 aliphatic carbocycles. The van der Waals surface area contributed by atoms with Crippen LogP contribution in [0.5, 0.6) is 0 Å². The molecule has 0 aliphatic heterocycles. The summed E-state index contributed by atoms with van der Waals surface area (Å²) >= 11 is 1.50. The maximum atomic E-state index is 9.80. The highest BCUT2D eigenvalue weighted by Gasteiger charge is 2.22. The van der Waals surface area contributed by atoms with Crippen LogP contribution in [0.15, 0.2) is 24.4 Å². The highest BCUT2D eigenvalue weighted by Crippen LogP contribution is 2.27. The Balaban J connectivity index is 1.54. The predicted molar refractivity (Wildman–Crippen MR) is 130 cm³/mol. The molecule has 0 saturated heterocycles. The van der Waals surface area contributed by atoms with Crippen molar-refractivity contribution in [2.75, 3.05) is 10.6 Å². The number of fused-ring (bicyclic) bond motifs is 1. The average molecular weight is 456 g/mol. The molecule has 172 valence electrons. The van der Waals surface area contributed by atoms with Gasteiger partial charge in [0.05, 0.1) is 11.8 Å². The van der Waals surface area contributed by atoms with E-state index in [1.165, 1.54) is 11.3 Å². The van der Waals surface area contributed by atoms with Crippen LogP contribution >= 0.6 is 11.3 Å². The molecule has 0 amide bonds. The summed E-state index contributed by atoms with van der Waals surface area (Å²) in [4.78, 5) is 19.4. The highest BCUT2D eigenvalue weighted by molar-refractivity contribution is 7.21. The fourth-order valence-electron chi connectivity index (χ4n) is 3.62. The maximum absolute atomic E-state index is 9.80. The summed E-state index contributed by atoms with van der Waals surface area (Å²) in [6, 6.07) is 6.42. The Kier molecular flexibility index (Phi) is 6.88. The van der Waals surface area contributed by atoms with Crippen LogP contribution in [0.2, 0.25) is 0 Å². The van der Waals surface area contributed by atoms with Crippen LogP contribution < -0.4 is 16.0 Å². The second-order valence-corrected chi connectivity index (χ2v) is 10.6. The second kappa shape index (κ2) is 9.64. The van der Waals surface area contributed by atoms with E-state index in [2.05, 4.69) is 53.6 Å². The Hall–Kier alpha value is -2.36. The molecule has 4 rings (SSSR count). The first kappa shape index (κ1) is 22.8. The first-order valence-corrected chi connectivity index (χ1v) is 12.1. The molecular weight excluding hydrogens is 422 g/mol. The van der Waals surface area contributed by atoms with Gasteiger partial charge in [-0.25, -0.2) is 15.0 Å². The number of hydrogen-bond acceptors (Lipinski definition) is 9. The van der Waals surface area contributed by atoms with Gasteiger partial charge in [0.25, 0.3) is 0 Å². The SMILES string of the molecule is CC(NCc1cc(Nc2nc3cccnc3s2)nc(NC2CCC(O)CC2)n1)C(C)(C)C. The third-order valence-corrected chi connectivity index (χ3v) is 6.99. The number of aromatic nitrogens is 4. The number of aliphatic hydroxyl groups is 1. The van der Waals surface area contributed by atoms with Gasteiger partial charge in [-0.05, 0) is 50.2 Å². The van der Waals surface area contributed by atoms with E-state index in [-0.39, 0.29) is 17.6 Å². The summed E-state index contributed by atoms with van der Waals surface area (Å²) < 4.78 is 0. The van der Waals surface area contributed by atoms with Gasteiger partial charge in [-0.1, -0.05) is 32.1 Å². The largest absolute Gasteiger partial charge is 0.393 e. The third kappa shape index (κ3) is 5.90. The number of thiazole rings is 1. The van der Waals surface area contributed by atoms with Crippen molar-refractivity contribution in [1.29, 1.82) is 0 Å². The van der Waals surface area contributed by atoms with Crippen molar-refractivity contribution in [3.8, 4) is 0 Å². The van der Waals surface area contributed by atoms with E-state index in [0.717, 1.165) is 46.9 Å². The molecule has 3 aromatic rings. The Labute approximate surface area is 193 Å². The molecule has 0 aromatic carbocycles. The lowest BCUT2D eigenvalue weighted by molar-refractivity contribution is 0.126. The lowest BCUT2D eigenvalue weighted by Crippen LogP contribution is -2.37. The van der Waals surface area contributed by atoms with Crippen LogP contribution in [-0.2, 0) is 6.54 Å². The van der Waals surface area contributed by atoms with Crippen molar-refractivity contribution in [3.63, 3.8) is 0 Å². The number of aliphatic hydroxyl groups excluding tert-OH is 1.